The van der Waals surface area contributed by atoms with Crippen molar-refractivity contribution in [3.05, 3.63) is 0 Å². The molecular weight excluding hydrogens is 456 g/mol. The maximum absolute atomic E-state index is 10.5. The van der Waals surface area contributed by atoms with Crippen molar-refractivity contribution in [2.45, 2.75) is 99.0 Å². The highest BCUT2D eigenvalue weighted by atomic mass is 16.8. The van der Waals surface area contributed by atoms with Crippen molar-refractivity contribution >= 4 is 0 Å². The van der Waals surface area contributed by atoms with E-state index in [1.54, 1.807) is 0 Å². The first kappa shape index (κ1) is 27.0. The third-order valence-electron chi connectivity index (χ3n) is 6.04. The lowest BCUT2D eigenvalue weighted by Crippen LogP contribution is -2.64. The molecule has 0 saturated carbocycles. The lowest BCUT2D eigenvalue weighted by Gasteiger charge is -2.46. The lowest BCUT2D eigenvalue weighted by molar-refractivity contribution is -0.369. The molecule has 3 heterocycles. The molecule has 0 aromatic heterocycles. The van der Waals surface area contributed by atoms with Crippen LogP contribution < -0.4 is 0 Å². The van der Waals surface area contributed by atoms with Crippen molar-refractivity contribution in [1.82, 2.24) is 0 Å². The second kappa shape index (κ2) is 11.0. The summed E-state index contributed by atoms with van der Waals surface area (Å²) < 4.78 is 26.8. The zero-order valence-corrected chi connectivity index (χ0v) is 17.6. The van der Waals surface area contributed by atoms with Gasteiger partial charge in [0, 0.05) is 0 Å². The Kier molecular flexibility index (Phi) is 8.99. The SMILES string of the molecule is C[C@@H]1O[C@@H](OC[C@H]2O[C@H](O)[C@H](O)[C@@H](O)[C@@H]2O)[C@H](O[C@H]2O[C@H](CO)[C@@H](O)[C@H](O)[C@H]2O)[C@H](O)[C@H]1O. The molecule has 15 heteroatoms. The van der Waals surface area contributed by atoms with Gasteiger partial charge in [-0.2, -0.15) is 0 Å². The largest absolute Gasteiger partial charge is 0.394 e. The van der Waals surface area contributed by atoms with E-state index < -0.39 is 105 Å². The second-order valence-electron chi connectivity index (χ2n) is 8.36. The van der Waals surface area contributed by atoms with Crippen molar-refractivity contribution in [2.75, 3.05) is 13.2 Å². The van der Waals surface area contributed by atoms with Crippen molar-refractivity contribution in [1.29, 1.82) is 0 Å². The molecule has 0 spiro atoms. The molecule has 15 atom stereocenters. The Morgan fingerprint density at radius 1 is 0.606 bits per heavy atom. The average molecular weight is 488 g/mol. The normalized spacial score (nSPS) is 53.7. The van der Waals surface area contributed by atoms with Gasteiger partial charge >= 0.3 is 0 Å². The molecule has 0 amide bonds. The molecule has 0 aromatic carbocycles. The lowest BCUT2D eigenvalue weighted by atomic mass is 9.97. The molecule has 0 aromatic rings. The van der Waals surface area contributed by atoms with Gasteiger partial charge in [-0.1, -0.05) is 0 Å². The van der Waals surface area contributed by atoms with E-state index in [9.17, 15) is 51.1 Å². The van der Waals surface area contributed by atoms with Crippen molar-refractivity contribution in [3.8, 4) is 0 Å². The first-order valence-corrected chi connectivity index (χ1v) is 10.4. The smallest absolute Gasteiger partial charge is 0.187 e. The maximum Gasteiger partial charge on any atom is 0.187 e. The summed E-state index contributed by atoms with van der Waals surface area (Å²) in [5.41, 5.74) is 0. The molecule has 15 nitrogen and oxygen atoms in total. The Hall–Kier alpha value is -0.600. The minimum atomic E-state index is -1.81. The van der Waals surface area contributed by atoms with Crippen LogP contribution in [0.15, 0.2) is 0 Å². The molecule has 3 aliphatic heterocycles. The molecule has 0 radical (unpaired) electrons. The van der Waals surface area contributed by atoms with Crippen LogP contribution in [0.5, 0.6) is 0 Å². The van der Waals surface area contributed by atoms with E-state index in [-0.39, 0.29) is 0 Å². The van der Waals surface area contributed by atoms with Gasteiger partial charge in [0.15, 0.2) is 18.9 Å². The van der Waals surface area contributed by atoms with Gasteiger partial charge < -0.3 is 74.7 Å². The van der Waals surface area contributed by atoms with Crippen LogP contribution >= 0.6 is 0 Å². The molecule has 10 N–H and O–H groups in total. The molecule has 0 aliphatic carbocycles. The maximum atomic E-state index is 10.5. The predicted octanol–water partition coefficient (Wildman–Crippen LogP) is -6.55. The third kappa shape index (κ3) is 5.48. The van der Waals surface area contributed by atoms with Gasteiger partial charge in [-0.3, -0.25) is 0 Å². The zero-order valence-electron chi connectivity index (χ0n) is 17.6. The highest BCUT2D eigenvalue weighted by Gasteiger charge is 2.51. The average Bonchev–Trinajstić information content (AvgIpc) is 2.79. The van der Waals surface area contributed by atoms with E-state index in [4.69, 9.17) is 23.7 Å². The number of aliphatic hydroxyl groups is 10. The summed E-state index contributed by atoms with van der Waals surface area (Å²) in [6.45, 7) is 0.169. The van der Waals surface area contributed by atoms with Gasteiger partial charge in [0.25, 0.3) is 0 Å². The summed E-state index contributed by atoms with van der Waals surface area (Å²) in [5.74, 6) is 0. The van der Waals surface area contributed by atoms with Crippen LogP contribution in [0, 0.1) is 0 Å². The summed E-state index contributed by atoms with van der Waals surface area (Å²) in [7, 11) is 0. The quantitative estimate of drug-likeness (QED) is 0.167. The fraction of sp³-hybridized carbons (Fsp3) is 1.00. The monoisotopic (exact) mass is 488 g/mol. The first-order chi connectivity index (χ1) is 15.5. The van der Waals surface area contributed by atoms with Crippen LogP contribution in [0.25, 0.3) is 0 Å². The van der Waals surface area contributed by atoms with Gasteiger partial charge in [-0.15, -0.1) is 0 Å². The predicted molar refractivity (Wildman–Crippen MR) is 99.8 cm³/mol. The van der Waals surface area contributed by atoms with E-state index in [0.717, 1.165) is 0 Å². The summed E-state index contributed by atoms with van der Waals surface area (Å²) in [6.07, 6.45) is -23.5. The van der Waals surface area contributed by atoms with Crippen molar-refractivity contribution in [3.63, 3.8) is 0 Å². The van der Waals surface area contributed by atoms with Crippen LogP contribution in [0.1, 0.15) is 6.92 Å². The molecule has 33 heavy (non-hydrogen) atoms. The Balaban J connectivity index is 1.71. The molecule has 194 valence electrons. The zero-order chi connectivity index (χ0) is 24.6. The highest BCUT2D eigenvalue weighted by Crippen LogP contribution is 2.30. The van der Waals surface area contributed by atoms with Crippen molar-refractivity contribution in [2.24, 2.45) is 0 Å². The third-order valence-corrected chi connectivity index (χ3v) is 6.04. The van der Waals surface area contributed by atoms with Crippen LogP contribution in [0.3, 0.4) is 0 Å². The Morgan fingerprint density at radius 2 is 1.21 bits per heavy atom. The Morgan fingerprint density at radius 3 is 1.85 bits per heavy atom. The molecular formula is C18H32O15. The molecule has 0 unspecified atom stereocenters. The fourth-order valence-electron chi connectivity index (χ4n) is 3.87. The Bertz CT molecular complexity index is 624. The minimum absolute atomic E-state index is 0.531. The number of hydrogen-bond donors (Lipinski definition) is 10. The number of ether oxygens (including phenoxy) is 5. The van der Waals surface area contributed by atoms with Crippen LogP contribution in [0.2, 0.25) is 0 Å². The summed E-state index contributed by atoms with van der Waals surface area (Å²) in [5, 5.41) is 99.1. The van der Waals surface area contributed by atoms with E-state index in [1.165, 1.54) is 6.92 Å². The van der Waals surface area contributed by atoms with Crippen LogP contribution in [-0.4, -0.2) is 156 Å². The number of rotatable bonds is 6. The van der Waals surface area contributed by atoms with Gasteiger partial charge in [0.05, 0.1) is 19.3 Å². The van der Waals surface area contributed by atoms with Gasteiger partial charge in [-0.25, -0.2) is 0 Å². The van der Waals surface area contributed by atoms with Crippen molar-refractivity contribution < 1.29 is 74.7 Å². The van der Waals surface area contributed by atoms with Crippen LogP contribution in [0.4, 0.5) is 0 Å². The van der Waals surface area contributed by atoms with E-state index in [2.05, 4.69) is 0 Å². The molecule has 3 saturated heterocycles. The van der Waals surface area contributed by atoms with Gasteiger partial charge in [0.2, 0.25) is 0 Å². The number of aliphatic hydroxyl groups excluding tert-OH is 10. The summed E-state index contributed by atoms with van der Waals surface area (Å²) in [4.78, 5) is 0. The van der Waals surface area contributed by atoms with Crippen LogP contribution in [-0.2, 0) is 23.7 Å². The standard InChI is InChI=1S/C18H32O15/c1-4-7(20)12(25)15(33-17-14(27)11(24)8(21)5(2-19)32-17)18(30-4)29-3-6-9(22)10(23)13(26)16(28)31-6/h4-28H,2-3H2,1H3/t4-,5+,6+,7-,8+,9+,10-,11-,12+,13+,14+,15+,16-,17+,18+/m0/s1. The van der Waals surface area contributed by atoms with E-state index in [0.29, 0.717) is 0 Å². The fourth-order valence-corrected chi connectivity index (χ4v) is 3.87. The Labute approximate surface area is 187 Å². The molecule has 3 aliphatic rings. The van der Waals surface area contributed by atoms with Gasteiger partial charge in [-0.05, 0) is 6.92 Å². The second-order valence-corrected chi connectivity index (χ2v) is 8.36. The first-order valence-electron chi connectivity index (χ1n) is 10.4. The summed E-state index contributed by atoms with van der Waals surface area (Å²) >= 11 is 0. The topological polar surface area (TPSA) is 248 Å². The van der Waals surface area contributed by atoms with Gasteiger partial charge in [0.1, 0.15) is 67.1 Å². The number of hydrogen-bond acceptors (Lipinski definition) is 15. The minimum Gasteiger partial charge on any atom is -0.394 e. The summed E-state index contributed by atoms with van der Waals surface area (Å²) in [6, 6.07) is 0. The highest BCUT2D eigenvalue weighted by molar-refractivity contribution is 4.94. The van der Waals surface area contributed by atoms with E-state index >= 15 is 0 Å². The molecule has 3 fully saturated rings. The molecule has 3 rings (SSSR count). The molecule has 0 bridgehead atoms. The van der Waals surface area contributed by atoms with E-state index in [1.807, 2.05) is 0 Å².